The van der Waals surface area contributed by atoms with Crippen molar-refractivity contribution in [2.45, 2.75) is 93.4 Å². The Morgan fingerprint density at radius 3 is 2.12 bits per heavy atom. The van der Waals surface area contributed by atoms with Gasteiger partial charge in [-0.2, -0.15) is 0 Å². The van der Waals surface area contributed by atoms with E-state index in [0.717, 1.165) is 48.2 Å². The number of aromatic nitrogens is 2. The summed E-state index contributed by atoms with van der Waals surface area (Å²) < 4.78 is 0. The van der Waals surface area contributed by atoms with Gasteiger partial charge in [0.1, 0.15) is 12.1 Å². The third-order valence-corrected chi connectivity index (χ3v) is 11.1. The monoisotopic (exact) mass is 818 g/mol. The zero-order valence-electron chi connectivity index (χ0n) is 29.9. The second-order valence-corrected chi connectivity index (χ2v) is 14.2. The molecule has 0 saturated carbocycles. The van der Waals surface area contributed by atoms with Crippen LogP contribution in [0.15, 0.2) is 84.9 Å². The number of nitrogens with zero attached hydrogens (tertiary/aromatic N) is 2. The molecule has 4 aromatic carbocycles. The molecular formula is C43H49IrN2O2-. The molecule has 253 valence electrons. The zero-order chi connectivity index (χ0) is 34.1. The summed E-state index contributed by atoms with van der Waals surface area (Å²) >= 11 is 0. The van der Waals surface area contributed by atoms with Crippen LogP contribution < -0.4 is 0 Å². The summed E-state index contributed by atoms with van der Waals surface area (Å²) in [4.78, 5) is 21.7. The van der Waals surface area contributed by atoms with Crippen LogP contribution in [0.3, 0.4) is 0 Å². The minimum atomic E-state index is -0.337. The number of benzene rings is 4. The molecule has 48 heavy (non-hydrogen) atoms. The van der Waals surface area contributed by atoms with E-state index < -0.39 is 0 Å². The number of ketones is 1. The molecule has 0 bridgehead atoms. The van der Waals surface area contributed by atoms with Gasteiger partial charge in [0.15, 0.2) is 5.78 Å². The summed E-state index contributed by atoms with van der Waals surface area (Å²) in [5.74, 6) is 0.286. The Hall–Kier alpha value is -3.66. The van der Waals surface area contributed by atoms with Crippen LogP contribution in [0.2, 0.25) is 0 Å². The number of aliphatic hydroxyl groups is 1. The Kier molecular flexibility index (Phi) is 11.2. The topological polar surface area (TPSA) is 63.1 Å². The van der Waals surface area contributed by atoms with Crippen LogP contribution in [0.4, 0.5) is 0 Å². The maximum Gasteiger partial charge on any atom is 0.164 e. The predicted molar refractivity (Wildman–Crippen MR) is 197 cm³/mol. The molecule has 0 spiro atoms. The molecule has 0 atom stereocenters. The molecule has 1 radical (unpaired) electrons. The number of hydrogen-bond acceptors (Lipinski definition) is 4. The Bertz CT molecular complexity index is 1980. The van der Waals surface area contributed by atoms with E-state index in [1.165, 1.54) is 44.3 Å². The van der Waals surface area contributed by atoms with Gasteiger partial charge in [-0.05, 0) is 65.8 Å². The summed E-state index contributed by atoms with van der Waals surface area (Å²) in [7, 11) is 0. The number of rotatable bonds is 8. The number of allylic oxidation sites excluding steroid dienone is 2. The number of carbonyl (C=O) groups excluding carboxylic acids is 1. The van der Waals surface area contributed by atoms with Gasteiger partial charge in [-0.1, -0.05) is 121 Å². The molecule has 0 unspecified atom stereocenters. The number of fused-ring (bicyclic) bond motifs is 6. The van der Waals surface area contributed by atoms with Crippen LogP contribution in [-0.2, 0) is 30.3 Å². The van der Waals surface area contributed by atoms with E-state index in [1.807, 2.05) is 41.5 Å². The fraction of sp³-hybridized carbons (Fsp3) is 0.372. The van der Waals surface area contributed by atoms with Crippen molar-refractivity contribution in [1.82, 2.24) is 9.97 Å². The number of aliphatic hydroxyl groups excluding tert-OH is 1. The van der Waals surface area contributed by atoms with Crippen LogP contribution >= 0.6 is 0 Å². The average molecular weight is 818 g/mol. The second-order valence-electron chi connectivity index (χ2n) is 14.2. The predicted octanol–water partition coefficient (Wildman–Crippen LogP) is 11.5. The van der Waals surface area contributed by atoms with Crippen molar-refractivity contribution in [3.05, 3.63) is 108 Å². The maximum absolute atomic E-state index is 12.2. The van der Waals surface area contributed by atoms with Crippen LogP contribution in [0, 0.1) is 23.8 Å². The average Bonchev–Trinajstić information content (AvgIpc) is 3.33. The molecule has 1 heterocycles. The number of hydrogen-bond donors (Lipinski definition) is 1. The van der Waals surface area contributed by atoms with Crippen LogP contribution in [0.25, 0.3) is 43.9 Å². The Labute approximate surface area is 300 Å². The first-order valence-corrected chi connectivity index (χ1v) is 17.1. The van der Waals surface area contributed by atoms with E-state index in [4.69, 9.17) is 9.97 Å². The van der Waals surface area contributed by atoms with Gasteiger partial charge in [0.25, 0.3) is 0 Å². The van der Waals surface area contributed by atoms with Crippen molar-refractivity contribution >= 4 is 27.3 Å². The molecule has 0 amide bonds. The van der Waals surface area contributed by atoms with Crippen LogP contribution in [-0.4, -0.2) is 20.9 Å². The minimum Gasteiger partial charge on any atom is -0.512 e. The fourth-order valence-corrected chi connectivity index (χ4v) is 6.61. The van der Waals surface area contributed by atoms with Gasteiger partial charge >= 0.3 is 0 Å². The molecule has 0 aliphatic heterocycles. The SMILES string of the molecule is CCC(C)(CC)C(=O)/C=C(\O)C(C)(CC)CC.Cc1ccc2c3c(ccc2c1)C(C)(C)c1ncnc(-c2[c-]cc4ccccc4c2)c1-3.[Ir]. The Morgan fingerprint density at radius 1 is 0.833 bits per heavy atom. The van der Waals surface area contributed by atoms with Crippen molar-refractivity contribution in [3.63, 3.8) is 0 Å². The second kappa shape index (κ2) is 14.4. The zero-order valence-corrected chi connectivity index (χ0v) is 32.3. The van der Waals surface area contributed by atoms with Gasteiger partial charge in [-0.25, -0.2) is 4.98 Å². The molecule has 4 nitrogen and oxygen atoms in total. The van der Waals surface area contributed by atoms with E-state index in [0.29, 0.717) is 0 Å². The largest absolute Gasteiger partial charge is 0.512 e. The number of aryl methyl sites for hydroxylation is 1. The number of carbonyl (C=O) groups is 1. The molecule has 1 aliphatic carbocycles. The van der Waals surface area contributed by atoms with Crippen molar-refractivity contribution in [3.8, 4) is 22.4 Å². The van der Waals surface area contributed by atoms with Gasteiger partial charge in [0, 0.05) is 42.4 Å². The van der Waals surface area contributed by atoms with Gasteiger partial charge in [0.2, 0.25) is 0 Å². The molecule has 5 aromatic rings. The molecule has 0 saturated heterocycles. The first-order chi connectivity index (χ1) is 22.3. The van der Waals surface area contributed by atoms with Crippen molar-refractivity contribution < 1.29 is 30.0 Å². The Morgan fingerprint density at radius 2 is 1.48 bits per heavy atom. The van der Waals surface area contributed by atoms with E-state index in [-0.39, 0.29) is 47.9 Å². The normalized spacial score (nSPS) is 13.7. The molecule has 1 aromatic heterocycles. The van der Waals surface area contributed by atoms with Crippen molar-refractivity contribution in [2.75, 3.05) is 0 Å². The molecular weight excluding hydrogens is 769 g/mol. The van der Waals surface area contributed by atoms with Crippen LogP contribution in [0.5, 0.6) is 0 Å². The van der Waals surface area contributed by atoms with Crippen molar-refractivity contribution in [2.24, 2.45) is 10.8 Å². The summed E-state index contributed by atoms with van der Waals surface area (Å²) in [6.45, 7) is 18.7. The third kappa shape index (κ3) is 6.65. The van der Waals surface area contributed by atoms with E-state index >= 15 is 0 Å². The smallest absolute Gasteiger partial charge is 0.164 e. The van der Waals surface area contributed by atoms with Gasteiger partial charge < -0.3 is 5.11 Å². The van der Waals surface area contributed by atoms with Crippen LogP contribution in [0.1, 0.15) is 97.9 Å². The molecule has 6 rings (SSSR count). The van der Waals surface area contributed by atoms with E-state index in [9.17, 15) is 9.90 Å². The summed E-state index contributed by atoms with van der Waals surface area (Å²) in [5, 5.41) is 15.0. The first kappa shape index (κ1) is 37.2. The minimum absolute atomic E-state index is 0. The summed E-state index contributed by atoms with van der Waals surface area (Å²) in [6.07, 6.45) is 6.46. The molecule has 0 fully saturated rings. The molecule has 1 aliphatic rings. The van der Waals surface area contributed by atoms with Gasteiger partial charge in [0.05, 0.1) is 5.69 Å². The van der Waals surface area contributed by atoms with E-state index in [2.05, 4.69) is 93.6 Å². The van der Waals surface area contributed by atoms with Gasteiger partial charge in [-0.3, -0.25) is 9.78 Å². The summed E-state index contributed by atoms with van der Waals surface area (Å²) in [6, 6.07) is 27.3. The van der Waals surface area contributed by atoms with Crippen molar-refractivity contribution in [1.29, 1.82) is 0 Å². The molecule has 1 N–H and O–H groups in total. The Balaban J connectivity index is 0.000000251. The summed E-state index contributed by atoms with van der Waals surface area (Å²) in [5.41, 5.74) is 7.31. The third-order valence-electron chi connectivity index (χ3n) is 11.1. The first-order valence-electron chi connectivity index (χ1n) is 17.1. The standard InChI is InChI=1S/C28H21N2.C15H28O2.Ir/c1-17-8-12-22-20(14-17)11-13-23-24(22)25-26(29-16-30-27(25)28(23,2)3)21-10-9-18-6-4-5-7-19(18)15-21;1-7-14(5,8-2)12(16)11-13(17)15(6,9-3)10-4;/h4-9,11-16H,1-3H3;11,16H,7-10H2,1-6H3;/q-1;;/b;12-11-;. The van der Waals surface area contributed by atoms with E-state index in [1.54, 1.807) is 6.33 Å². The maximum atomic E-state index is 12.2. The quantitative estimate of drug-likeness (QED) is 0.0962. The fourth-order valence-electron chi connectivity index (χ4n) is 6.61. The van der Waals surface area contributed by atoms with Gasteiger partial charge in [-0.15, -0.1) is 29.1 Å². The molecule has 5 heteroatoms.